The number of nitrogens with zero attached hydrogens (tertiary/aromatic N) is 1. The highest BCUT2D eigenvalue weighted by molar-refractivity contribution is 5.85. The second-order valence-electron chi connectivity index (χ2n) is 5.34. The van der Waals surface area contributed by atoms with Crippen molar-refractivity contribution in [2.45, 2.75) is 6.54 Å². The Morgan fingerprint density at radius 3 is 2.12 bits per heavy atom. The van der Waals surface area contributed by atoms with Gasteiger partial charge in [0, 0.05) is 32.7 Å². The van der Waals surface area contributed by atoms with Gasteiger partial charge in [-0.3, -0.25) is 9.69 Å². The largest absolute Gasteiger partial charge is 0.493 e. The van der Waals surface area contributed by atoms with Crippen LogP contribution in [0.25, 0.3) is 0 Å². The number of amides is 1. The number of piperazine rings is 1. The van der Waals surface area contributed by atoms with E-state index in [9.17, 15) is 4.79 Å². The van der Waals surface area contributed by atoms with Crippen molar-refractivity contribution in [2.24, 2.45) is 0 Å². The Morgan fingerprint density at radius 1 is 1.08 bits per heavy atom. The van der Waals surface area contributed by atoms with Crippen molar-refractivity contribution < 1.29 is 19.0 Å². The molecular weight excluding hydrogens is 369 g/mol. The monoisotopic (exact) mass is 395 g/mol. The van der Waals surface area contributed by atoms with Crippen LogP contribution in [0.15, 0.2) is 12.1 Å². The van der Waals surface area contributed by atoms with E-state index in [1.54, 1.807) is 21.3 Å². The Morgan fingerprint density at radius 2 is 1.64 bits per heavy atom. The Hall–Kier alpha value is -1.41. The van der Waals surface area contributed by atoms with Crippen molar-refractivity contribution in [1.29, 1.82) is 0 Å². The highest BCUT2D eigenvalue weighted by atomic mass is 35.5. The molecule has 1 heterocycles. The molecule has 0 aliphatic carbocycles. The lowest BCUT2D eigenvalue weighted by Crippen LogP contribution is -2.47. The molecule has 7 nitrogen and oxygen atoms in total. The molecule has 1 aliphatic rings. The smallest absolute Gasteiger partial charge is 0.234 e. The summed E-state index contributed by atoms with van der Waals surface area (Å²) >= 11 is 0. The molecule has 1 fully saturated rings. The lowest BCUT2D eigenvalue weighted by molar-refractivity contribution is -0.122. The second-order valence-corrected chi connectivity index (χ2v) is 5.34. The van der Waals surface area contributed by atoms with E-state index in [2.05, 4.69) is 15.5 Å². The predicted octanol–water partition coefficient (Wildman–Crippen LogP) is 1.08. The van der Waals surface area contributed by atoms with Crippen LogP contribution in [0.4, 0.5) is 0 Å². The number of nitrogens with one attached hydrogen (secondary N) is 2. The molecule has 0 radical (unpaired) electrons. The van der Waals surface area contributed by atoms with Gasteiger partial charge in [0.1, 0.15) is 0 Å². The zero-order valence-corrected chi connectivity index (χ0v) is 16.4. The molecule has 0 aromatic heterocycles. The third-order valence-corrected chi connectivity index (χ3v) is 3.79. The van der Waals surface area contributed by atoms with Crippen LogP contribution in [0.3, 0.4) is 0 Å². The van der Waals surface area contributed by atoms with Gasteiger partial charge in [0.05, 0.1) is 27.9 Å². The van der Waals surface area contributed by atoms with Gasteiger partial charge in [-0.15, -0.1) is 24.8 Å². The van der Waals surface area contributed by atoms with Gasteiger partial charge in [0.25, 0.3) is 0 Å². The molecule has 2 N–H and O–H groups in total. The first-order valence-corrected chi connectivity index (χ1v) is 7.66. The zero-order chi connectivity index (χ0) is 16.7. The lowest BCUT2D eigenvalue weighted by Gasteiger charge is -2.26. The summed E-state index contributed by atoms with van der Waals surface area (Å²) in [5, 5.41) is 6.20. The van der Waals surface area contributed by atoms with Crippen molar-refractivity contribution in [2.75, 3.05) is 54.1 Å². The number of ether oxygens (including phenoxy) is 3. The normalized spacial score (nSPS) is 13.9. The van der Waals surface area contributed by atoms with E-state index < -0.39 is 0 Å². The number of methoxy groups -OCH3 is 3. The van der Waals surface area contributed by atoms with Gasteiger partial charge in [-0.2, -0.15) is 0 Å². The zero-order valence-electron chi connectivity index (χ0n) is 14.8. The first kappa shape index (κ1) is 23.6. The van der Waals surface area contributed by atoms with Gasteiger partial charge >= 0.3 is 0 Å². The van der Waals surface area contributed by atoms with Gasteiger partial charge in [-0.05, 0) is 17.7 Å². The van der Waals surface area contributed by atoms with Crippen LogP contribution in [0.2, 0.25) is 0 Å². The van der Waals surface area contributed by atoms with E-state index in [0.717, 1.165) is 31.7 Å². The lowest BCUT2D eigenvalue weighted by atomic mass is 10.1. The molecular formula is C16H27Cl2N3O4. The van der Waals surface area contributed by atoms with Gasteiger partial charge < -0.3 is 24.8 Å². The summed E-state index contributed by atoms with van der Waals surface area (Å²) in [6, 6.07) is 3.68. The molecule has 144 valence electrons. The number of halogens is 2. The van der Waals surface area contributed by atoms with Crippen LogP contribution >= 0.6 is 24.8 Å². The average Bonchev–Trinajstić information content (AvgIpc) is 2.59. The molecule has 9 heteroatoms. The van der Waals surface area contributed by atoms with Gasteiger partial charge in [0.15, 0.2) is 11.5 Å². The molecule has 25 heavy (non-hydrogen) atoms. The molecule has 0 unspecified atom stereocenters. The number of carbonyl (C=O) groups is 1. The van der Waals surface area contributed by atoms with E-state index in [1.807, 2.05) is 12.1 Å². The van der Waals surface area contributed by atoms with Crippen molar-refractivity contribution in [3.8, 4) is 17.2 Å². The number of hydrogen-bond acceptors (Lipinski definition) is 6. The standard InChI is InChI=1S/C16H25N3O4.2ClH/c1-21-13-8-12(9-14(22-2)16(13)23-3)10-18-15(20)11-19-6-4-17-5-7-19;;/h8-9,17H,4-7,10-11H2,1-3H3,(H,18,20);2*1H. The highest BCUT2D eigenvalue weighted by Gasteiger charge is 2.15. The van der Waals surface area contributed by atoms with Crippen LogP contribution in [-0.4, -0.2) is 64.9 Å². The number of benzene rings is 1. The maximum absolute atomic E-state index is 12.1. The van der Waals surface area contributed by atoms with E-state index in [-0.39, 0.29) is 30.7 Å². The molecule has 0 spiro atoms. The van der Waals surface area contributed by atoms with Crippen molar-refractivity contribution in [3.63, 3.8) is 0 Å². The maximum atomic E-state index is 12.1. The summed E-state index contributed by atoms with van der Waals surface area (Å²) in [4.78, 5) is 14.2. The first-order valence-electron chi connectivity index (χ1n) is 7.66. The quantitative estimate of drug-likeness (QED) is 0.719. The van der Waals surface area contributed by atoms with Crippen LogP contribution in [-0.2, 0) is 11.3 Å². The average molecular weight is 396 g/mol. The van der Waals surface area contributed by atoms with Crippen LogP contribution in [0, 0.1) is 0 Å². The summed E-state index contributed by atoms with van der Waals surface area (Å²) < 4.78 is 15.9. The molecule has 2 rings (SSSR count). The fourth-order valence-electron chi connectivity index (χ4n) is 2.57. The van der Waals surface area contributed by atoms with E-state index >= 15 is 0 Å². The molecule has 1 aromatic carbocycles. The molecule has 0 atom stereocenters. The third kappa shape index (κ3) is 6.78. The second kappa shape index (κ2) is 12.0. The summed E-state index contributed by atoms with van der Waals surface area (Å²) in [5.74, 6) is 1.72. The minimum atomic E-state index is 0. The molecule has 1 amide bonds. The topological polar surface area (TPSA) is 72.1 Å². The Labute approximate surface area is 161 Å². The Bertz CT molecular complexity index is 515. The minimum absolute atomic E-state index is 0. The summed E-state index contributed by atoms with van der Waals surface area (Å²) in [6.07, 6.45) is 0. The molecule has 0 bridgehead atoms. The van der Waals surface area contributed by atoms with Crippen LogP contribution < -0.4 is 24.8 Å². The van der Waals surface area contributed by atoms with Gasteiger partial charge in [-0.1, -0.05) is 0 Å². The van der Waals surface area contributed by atoms with Crippen LogP contribution in [0.5, 0.6) is 17.2 Å². The molecule has 1 aliphatic heterocycles. The highest BCUT2D eigenvalue weighted by Crippen LogP contribution is 2.38. The molecule has 0 saturated carbocycles. The van der Waals surface area contributed by atoms with Crippen LogP contribution in [0.1, 0.15) is 5.56 Å². The Kier molecular flexibility index (Phi) is 11.3. The minimum Gasteiger partial charge on any atom is -0.493 e. The maximum Gasteiger partial charge on any atom is 0.234 e. The summed E-state index contributed by atoms with van der Waals surface area (Å²) in [6.45, 7) is 4.50. The predicted molar refractivity (Wildman–Crippen MR) is 102 cm³/mol. The number of carbonyl (C=O) groups excluding carboxylic acids is 1. The summed E-state index contributed by atoms with van der Waals surface area (Å²) in [7, 11) is 4.71. The van der Waals surface area contributed by atoms with Crippen molar-refractivity contribution >= 4 is 30.7 Å². The number of hydrogen-bond donors (Lipinski definition) is 2. The van der Waals surface area contributed by atoms with Gasteiger partial charge in [0.2, 0.25) is 11.7 Å². The fraction of sp³-hybridized carbons (Fsp3) is 0.562. The summed E-state index contributed by atoms with van der Waals surface area (Å²) in [5.41, 5.74) is 0.896. The molecule has 1 aromatic rings. The van der Waals surface area contributed by atoms with E-state index in [1.165, 1.54) is 0 Å². The first-order chi connectivity index (χ1) is 11.2. The van der Waals surface area contributed by atoms with E-state index in [4.69, 9.17) is 14.2 Å². The van der Waals surface area contributed by atoms with Crippen molar-refractivity contribution in [3.05, 3.63) is 17.7 Å². The Balaban J connectivity index is 0.00000288. The fourth-order valence-corrected chi connectivity index (χ4v) is 2.57. The van der Waals surface area contributed by atoms with E-state index in [0.29, 0.717) is 30.3 Å². The third-order valence-electron chi connectivity index (χ3n) is 3.79. The molecule has 1 saturated heterocycles. The SMILES string of the molecule is COc1cc(CNC(=O)CN2CCNCC2)cc(OC)c1OC.Cl.Cl. The van der Waals surface area contributed by atoms with Gasteiger partial charge in [-0.25, -0.2) is 0 Å². The number of rotatable bonds is 7. The van der Waals surface area contributed by atoms with Crippen molar-refractivity contribution in [1.82, 2.24) is 15.5 Å².